The van der Waals surface area contributed by atoms with Gasteiger partial charge in [-0.25, -0.2) is 0 Å². The lowest BCUT2D eigenvalue weighted by Crippen LogP contribution is -2.11. The number of rotatable bonds is 5. The highest BCUT2D eigenvalue weighted by atomic mass is 35.5. The van der Waals surface area contributed by atoms with Crippen molar-refractivity contribution in [2.24, 2.45) is 0 Å². The smallest absolute Gasteiger partial charge is 0.315 e. The number of esters is 1. The number of hydrogen-bond acceptors (Lipinski definition) is 4. The Morgan fingerprint density at radius 1 is 1.06 bits per heavy atom. The standard InChI is InChI=1S/C27H23ClO4/c1-16(2)20-8-4-18(5-9-20)13-24-27(30)26-17(3)12-22(15-23(26)32-24)31-25(29)14-19-6-10-21(28)11-7-19/h4-13,15-16H,14H2,1-3H3/b24-13-. The summed E-state index contributed by atoms with van der Waals surface area (Å²) in [7, 11) is 0. The Kier molecular flexibility index (Phi) is 6.15. The molecule has 0 aliphatic carbocycles. The fraction of sp³-hybridized carbons (Fsp3) is 0.185. The average molecular weight is 447 g/mol. The minimum absolute atomic E-state index is 0.116. The fourth-order valence-electron chi connectivity index (χ4n) is 3.60. The summed E-state index contributed by atoms with van der Waals surface area (Å²) in [4.78, 5) is 25.2. The number of allylic oxidation sites excluding steroid dienone is 1. The van der Waals surface area contributed by atoms with Gasteiger partial charge in [0.15, 0.2) is 5.76 Å². The number of fused-ring (bicyclic) bond motifs is 1. The lowest BCUT2D eigenvalue weighted by atomic mass is 10.0. The first kappa shape index (κ1) is 21.8. The van der Waals surface area contributed by atoms with Crippen molar-refractivity contribution >= 4 is 29.4 Å². The summed E-state index contributed by atoms with van der Waals surface area (Å²) in [6, 6.07) is 18.3. The van der Waals surface area contributed by atoms with Crippen LogP contribution < -0.4 is 9.47 Å². The van der Waals surface area contributed by atoms with Gasteiger partial charge in [0, 0.05) is 11.1 Å². The molecular weight excluding hydrogens is 424 g/mol. The molecule has 162 valence electrons. The first-order chi connectivity index (χ1) is 15.3. The van der Waals surface area contributed by atoms with Crippen LogP contribution in [0.5, 0.6) is 11.5 Å². The molecule has 0 saturated heterocycles. The molecule has 5 heteroatoms. The predicted molar refractivity (Wildman–Crippen MR) is 125 cm³/mol. The van der Waals surface area contributed by atoms with E-state index in [0.717, 1.165) is 11.1 Å². The summed E-state index contributed by atoms with van der Waals surface area (Å²) in [5, 5.41) is 0.609. The highest BCUT2D eigenvalue weighted by Crippen LogP contribution is 2.37. The molecule has 3 aromatic rings. The summed E-state index contributed by atoms with van der Waals surface area (Å²) < 4.78 is 11.3. The van der Waals surface area contributed by atoms with Crippen molar-refractivity contribution in [1.82, 2.24) is 0 Å². The van der Waals surface area contributed by atoms with Crippen LogP contribution in [0.1, 0.15) is 52.4 Å². The molecule has 0 bridgehead atoms. The molecule has 0 N–H and O–H groups in total. The van der Waals surface area contributed by atoms with Crippen LogP contribution in [0.15, 0.2) is 66.4 Å². The average Bonchev–Trinajstić information content (AvgIpc) is 3.05. The molecule has 1 aliphatic rings. The van der Waals surface area contributed by atoms with E-state index in [1.165, 1.54) is 5.56 Å². The Morgan fingerprint density at radius 2 is 1.75 bits per heavy atom. The van der Waals surface area contributed by atoms with Crippen molar-refractivity contribution in [3.8, 4) is 11.5 Å². The quantitative estimate of drug-likeness (QED) is 0.254. The Hall–Kier alpha value is -3.37. The zero-order valence-corrected chi connectivity index (χ0v) is 18.9. The summed E-state index contributed by atoms with van der Waals surface area (Å²) in [5.74, 6) is 0.852. The molecule has 0 fully saturated rings. The van der Waals surface area contributed by atoms with Crippen LogP contribution in [0.2, 0.25) is 5.02 Å². The Morgan fingerprint density at radius 3 is 2.41 bits per heavy atom. The zero-order valence-electron chi connectivity index (χ0n) is 18.1. The van der Waals surface area contributed by atoms with E-state index in [0.29, 0.717) is 33.6 Å². The maximum Gasteiger partial charge on any atom is 0.315 e. The van der Waals surface area contributed by atoms with Gasteiger partial charge in [-0.3, -0.25) is 9.59 Å². The van der Waals surface area contributed by atoms with Crippen molar-refractivity contribution in [3.63, 3.8) is 0 Å². The highest BCUT2D eigenvalue weighted by Gasteiger charge is 2.30. The van der Waals surface area contributed by atoms with E-state index < -0.39 is 5.97 Å². The molecule has 0 unspecified atom stereocenters. The second kappa shape index (κ2) is 9.01. The Balaban J connectivity index is 1.51. The van der Waals surface area contributed by atoms with Crippen LogP contribution in [-0.4, -0.2) is 11.8 Å². The van der Waals surface area contributed by atoms with Crippen molar-refractivity contribution in [2.75, 3.05) is 0 Å². The maximum absolute atomic E-state index is 12.9. The summed E-state index contributed by atoms with van der Waals surface area (Å²) in [5.41, 5.74) is 4.11. The minimum Gasteiger partial charge on any atom is -0.452 e. The number of benzene rings is 3. The molecule has 0 amide bonds. The molecule has 1 heterocycles. The number of Topliss-reactive ketones (excluding diaryl/α,β-unsaturated/α-hetero) is 1. The van der Waals surface area contributed by atoms with E-state index in [9.17, 15) is 9.59 Å². The van der Waals surface area contributed by atoms with E-state index in [1.807, 2.05) is 24.3 Å². The van der Waals surface area contributed by atoms with Gasteiger partial charge >= 0.3 is 5.97 Å². The third-order valence-corrected chi connectivity index (χ3v) is 5.59. The van der Waals surface area contributed by atoms with Crippen molar-refractivity contribution in [2.45, 2.75) is 33.1 Å². The first-order valence-corrected chi connectivity index (χ1v) is 10.8. The monoisotopic (exact) mass is 446 g/mol. The van der Waals surface area contributed by atoms with E-state index >= 15 is 0 Å². The normalized spacial score (nSPS) is 13.9. The zero-order chi connectivity index (χ0) is 22.8. The molecule has 4 nitrogen and oxygen atoms in total. The van der Waals surface area contributed by atoms with Crippen LogP contribution >= 0.6 is 11.6 Å². The fourth-order valence-corrected chi connectivity index (χ4v) is 3.73. The minimum atomic E-state index is -0.406. The van der Waals surface area contributed by atoms with E-state index in [4.69, 9.17) is 21.1 Å². The lowest BCUT2D eigenvalue weighted by Gasteiger charge is -2.08. The van der Waals surface area contributed by atoms with E-state index in [1.54, 1.807) is 49.4 Å². The molecule has 0 spiro atoms. The van der Waals surface area contributed by atoms with Gasteiger partial charge in [-0.2, -0.15) is 0 Å². The van der Waals surface area contributed by atoms with Gasteiger partial charge in [-0.15, -0.1) is 0 Å². The van der Waals surface area contributed by atoms with Gasteiger partial charge in [0.05, 0.1) is 12.0 Å². The Labute approximate surface area is 192 Å². The number of aryl methyl sites for hydroxylation is 1. The largest absolute Gasteiger partial charge is 0.452 e. The molecule has 32 heavy (non-hydrogen) atoms. The second-order valence-electron chi connectivity index (χ2n) is 8.15. The molecule has 3 aromatic carbocycles. The van der Waals surface area contributed by atoms with Crippen molar-refractivity contribution in [3.05, 3.63) is 99.3 Å². The lowest BCUT2D eigenvalue weighted by molar-refractivity contribution is -0.133. The molecule has 0 aromatic heterocycles. The molecule has 1 aliphatic heterocycles. The van der Waals surface area contributed by atoms with Crippen molar-refractivity contribution in [1.29, 1.82) is 0 Å². The summed E-state index contributed by atoms with van der Waals surface area (Å²) in [6.45, 7) is 6.07. The van der Waals surface area contributed by atoms with Gasteiger partial charge in [0.25, 0.3) is 0 Å². The number of halogens is 1. The van der Waals surface area contributed by atoms with E-state index in [-0.39, 0.29) is 18.0 Å². The van der Waals surface area contributed by atoms with Crippen LogP contribution in [0.4, 0.5) is 0 Å². The third-order valence-electron chi connectivity index (χ3n) is 5.34. The van der Waals surface area contributed by atoms with Crippen LogP contribution in [-0.2, 0) is 11.2 Å². The van der Waals surface area contributed by atoms with Crippen molar-refractivity contribution < 1.29 is 19.1 Å². The number of carbonyl (C=O) groups is 2. The molecule has 4 rings (SSSR count). The molecule has 0 atom stereocenters. The molecule has 0 radical (unpaired) electrons. The van der Waals surface area contributed by atoms with Gasteiger partial charge in [-0.1, -0.05) is 61.8 Å². The summed E-state index contributed by atoms with van der Waals surface area (Å²) in [6.07, 6.45) is 1.85. The highest BCUT2D eigenvalue weighted by molar-refractivity contribution is 6.30. The van der Waals surface area contributed by atoms with Gasteiger partial charge in [0.2, 0.25) is 5.78 Å². The number of hydrogen-bond donors (Lipinski definition) is 0. The summed E-state index contributed by atoms with van der Waals surface area (Å²) >= 11 is 5.88. The maximum atomic E-state index is 12.9. The van der Waals surface area contributed by atoms with Crippen LogP contribution in [0.25, 0.3) is 6.08 Å². The van der Waals surface area contributed by atoms with Gasteiger partial charge in [-0.05, 0) is 59.4 Å². The van der Waals surface area contributed by atoms with Crippen LogP contribution in [0, 0.1) is 6.92 Å². The Bertz CT molecular complexity index is 1210. The topological polar surface area (TPSA) is 52.6 Å². The molecule has 0 saturated carbocycles. The van der Waals surface area contributed by atoms with Crippen LogP contribution in [0.3, 0.4) is 0 Å². The van der Waals surface area contributed by atoms with E-state index in [2.05, 4.69) is 13.8 Å². The van der Waals surface area contributed by atoms with Gasteiger partial charge < -0.3 is 9.47 Å². The molecular formula is C27H23ClO4. The van der Waals surface area contributed by atoms with Gasteiger partial charge in [0.1, 0.15) is 11.5 Å². The predicted octanol–water partition coefficient (Wildman–Crippen LogP) is 6.54. The second-order valence-corrected chi connectivity index (χ2v) is 8.59. The SMILES string of the molecule is Cc1cc(OC(=O)Cc2ccc(Cl)cc2)cc2c1C(=O)/C(=C/c1ccc(C(C)C)cc1)O2. The third kappa shape index (κ3) is 4.76. The number of ketones is 1. The number of carbonyl (C=O) groups excluding carboxylic acids is 2. The number of ether oxygens (including phenoxy) is 2. The first-order valence-electron chi connectivity index (χ1n) is 10.4.